The molecule has 2 aromatic heterocycles. The molecule has 0 aliphatic carbocycles. The van der Waals surface area contributed by atoms with E-state index in [9.17, 15) is 4.79 Å². The summed E-state index contributed by atoms with van der Waals surface area (Å²) in [5.74, 6) is 0. The standard InChI is InChI=1S/C20H19Cl2N5O.C5H11N/c1-12-19-20(24-18(10-23-19)14-5-7-26(11-28)8-6-14)27(25-12)13(2)16-4-3-15(21)9-17(16)22;1-2-4-6-5-3-1/h3-5,9-11,13H,6-8H2,1-2H3;6H,1-5H2. The van der Waals surface area contributed by atoms with Crippen molar-refractivity contribution in [3.63, 3.8) is 0 Å². The number of benzene rings is 1. The summed E-state index contributed by atoms with van der Waals surface area (Å²) in [4.78, 5) is 22.1. The molecule has 180 valence electrons. The minimum atomic E-state index is -0.128. The van der Waals surface area contributed by atoms with Crippen LogP contribution in [0.3, 0.4) is 0 Å². The van der Waals surface area contributed by atoms with Gasteiger partial charge in [0, 0.05) is 23.1 Å². The average Bonchev–Trinajstić information content (AvgIpc) is 3.21. The van der Waals surface area contributed by atoms with Gasteiger partial charge in [-0.3, -0.25) is 4.79 Å². The van der Waals surface area contributed by atoms with Gasteiger partial charge >= 0.3 is 0 Å². The van der Waals surface area contributed by atoms with E-state index in [2.05, 4.69) is 15.4 Å². The molecule has 1 N–H and O–H groups in total. The van der Waals surface area contributed by atoms with Gasteiger partial charge < -0.3 is 10.2 Å². The Labute approximate surface area is 210 Å². The van der Waals surface area contributed by atoms with Crippen molar-refractivity contribution in [3.05, 3.63) is 57.5 Å². The van der Waals surface area contributed by atoms with Crippen molar-refractivity contribution in [1.82, 2.24) is 30.0 Å². The third kappa shape index (κ3) is 5.59. The summed E-state index contributed by atoms with van der Waals surface area (Å²) in [5, 5.41) is 9.14. The fourth-order valence-electron chi connectivity index (χ4n) is 4.26. The number of fused-ring (bicyclic) bond motifs is 1. The van der Waals surface area contributed by atoms with Crippen molar-refractivity contribution in [1.29, 1.82) is 0 Å². The first kappa shape index (κ1) is 24.6. The van der Waals surface area contributed by atoms with Crippen LogP contribution in [0.4, 0.5) is 0 Å². The fourth-order valence-corrected chi connectivity index (χ4v) is 4.83. The van der Waals surface area contributed by atoms with Crippen LogP contribution >= 0.6 is 23.2 Å². The number of nitrogens with zero attached hydrogens (tertiary/aromatic N) is 5. The first-order valence-corrected chi connectivity index (χ1v) is 12.5. The average molecular weight is 501 g/mol. The highest BCUT2D eigenvalue weighted by Gasteiger charge is 2.20. The van der Waals surface area contributed by atoms with Gasteiger partial charge in [0.15, 0.2) is 5.65 Å². The van der Waals surface area contributed by atoms with Crippen molar-refractivity contribution < 1.29 is 4.79 Å². The lowest BCUT2D eigenvalue weighted by molar-refractivity contribution is -0.117. The van der Waals surface area contributed by atoms with E-state index in [1.807, 2.05) is 36.7 Å². The molecule has 5 rings (SSSR count). The summed E-state index contributed by atoms with van der Waals surface area (Å²) in [7, 11) is 0. The molecule has 3 aromatic rings. The lowest BCUT2D eigenvalue weighted by Gasteiger charge is -2.22. The summed E-state index contributed by atoms with van der Waals surface area (Å²) in [5.41, 5.74) is 5.12. The van der Waals surface area contributed by atoms with Crippen LogP contribution in [0.2, 0.25) is 10.0 Å². The first-order valence-electron chi connectivity index (χ1n) is 11.7. The molecule has 9 heteroatoms. The maximum atomic E-state index is 10.9. The Bertz CT molecular complexity index is 1180. The predicted octanol–water partition coefficient (Wildman–Crippen LogP) is 5.06. The number of hydrogen-bond acceptors (Lipinski definition) is 5. The largest absolute Gasteiger partial charge is 0.341 e. The molecular formula is C25H30Cl2N6O. The number of rotatable bonds is 4. The number of halogens is 2. The molecule has 1 fully saturated rings. The highest BCUT2D eigenvalue weighted by atomic mass is 35.5. The van der Waals surface area contributed by atoms with Crippen molar-refractivity contribution in [2.45, 2.75) is 45.6 Å². The Hall–Kier alpha value is -2.48. The number of piperidine rings is 1. The van der Waals surface area contributed by atoms with Crippen molar-refractivity contribution in [3.8, 4) is 0 Å². The predicted molar refractivity (Wildman–Crippen MR) is 137 cm³/mol. The Morgan fingerprint density at radius 1 is 1.18 bits per heavy atom. The molecule has 0 radical (unpaired) electrons. The highest BCUT2D eigenvalue weighted by Crippen LogP contribution is 2.31. The molecule has 1 amide bonds. The molecule has 1 atom stereocenters. The number of hydrogen-bond donors (Lipinski definition) is 1. The second kappa shape index (κ2) is 11.3. The van der Waals surface area contributed by atoms with E-state index in [0.717, 1.165) is 40.9 Å². The molecule has 2 aliphatic heterocycles. The zero-order valence-corrected chi connectivity index (χ0v) is 21.1. The smallest absolute Gasteiger partial charge is 0.209 e. The zero-order valence-electron chi connectivity index (χ0n) is 19.6. The van der Waals surface area contributed by atoms with Crippen molar-refractivity contribution >= 4 is 46.3 Å². The van der Waals surface area contributed by atoms with Gasteiger partial charge in [-0.25, -0.2) is 14.6 Å². The lowest BCUT2D eigenvalue weighted by atomic mass is 10.1. The van der Waals surface area contributed by atoms with E-state index in [1.54, 1.807) is 17.2 Å². The topological polar surface area (TPSA) is 75.9 Å². The number of aryl methyl sites for hydroxylation is 1. The molecule has 1 saturated heterocycles. The van der Waals surface area contributed by atoms with E-state index in [1.165, 1.54) is 32.4 Å². The third-order valence-corrected chi connectivity index (χ3v) is 6.84. The van der Waals surface area contributed by atoms with Crippen LogP contribution in [0.5, 0.6) is 0 Å². The SMILES string of the molecule is C1CCNCC1.Cc1nn(C(C)c2ccc(Cl)cc2Cl)c2nc(C3=CCN(C=O)CC3)cnc12. The van der Waals surface area contributed by atoms with Crippen LogP contribution in [0, 0.1) is 6.92 Å². The van der Waals surface area contributed by atoms with Gasteiger partial charge in [0.05, 0.1) is 23.6 Å². The summed E-state index contributed by atoms with van der Waals surface area (Å²) < 4.78 is 1.86. The van der Waals surface area contributed by atoms with Crippen LogP contribution in [0.1, 0.15) is 55.6 Å². The maximum Gasteiger partial charge on any atom is 0.209 e. The Morgan fingerprint density at radius 2 is 1.97 bits per heavy atom. The van der Waals surface area contributed by atoms with E-state index >= 15 is 0 Å². The maximum absolute atomic E-state index is 10.9. The Balaban J connectivity index is 0.000000398. The Kier molecular flexibility index (Phi) is 8.19. The number of carbonyl (C=O) groups is 1. The quantitative estimate of drug-likeness (QED) is 0.506. The molecule has 4 heterocycles. The molecule has 7 nitrogen and oxygen atoms in total. The van der Waals surface area contributed by atoms with Gasteiger partial charge in [-0.15, -0.1) is 0 Å². The van der Waals surface area contributed by atoms with Gasteiger partial charge in [-0.05, 0) is 69.5 Å². The number of carbonyl (C=O) groups excluding carboxylic acids is 1. The molecule has 0 saturated carbocycles. The molecule has 0 bridgehead atoms. The van der Waals surface area contributed by atoms with Crippen LogP contribution in [0.15, 0.2) is 30.5 Å². The van der Waals surface area contributed by atoms with Crippen LogP contribution < -0.4 is 5.32 Å². The van der Waals surface area contributed by atoms with Gasteiger partial charge in [0.1, 0.15) is 5.52 Å². The molecule has 34 heavy (non-hydrogen) atoms. The van der Waals surface area contributed by atoms with E-state index in [4.69, 9.17) is 28.2 Å². The lowest BCUT2D eigenvalue weighted by Crippen LogP contribution is -2.27. The monoisotopic (exact) mass is 500 g/mol. The second-order valence-electron chi connectivity index (χ2n) is 8.69. The van der Waals surface area contributed by atoms with Crippen molar-refractivity contribution in [2.75, 3.05) is 26.2 Å². The number of aromatic nitrogens is 4. The molecule has 2 aliphatic rings. The van der Waals surface area contributed by atoms with E-state index < -0.39 is 0 Å². The van der Waals surface area contributed by atoms with Crippen LogP contribution in [0.25, 0.3) is 16.7 Å². The fraction of sp³-hybridized carbons (Fsp3) is 0.440. The summed E-state index contributed by atoms with van der Waals surface area (Å²) in [6.07, 6.45) is 9.65. The number of nitrogens with one attached hydrogen (secondary N) is 1. The summed E-state index contributed by atoms with van der Waals surface area (Å²) in [6, 6.07) is 5.33. The second-order valence-corrected chi connectivity index (χ2v) is 9.53. The van der Waals surface area contributed by atoms with Crippen molar-refractivity contribution in [2.24, 2.45) is 0 Å². The van der Waals surface area contributed by atoms with Gasteiger partial charge in [-0.2, -0.15) is 5.10 Å². The Morgan fingerprint density at radius 3 is 2.56 bits per heavy atom. The minimum absolute atomic E-state index is 0.128. The zero-order chi connectivity index (χ0) is 24.1. The first-order chi connectivity index (χ1) is 16.5. The van der Waals surface area contributed by atoms with Gasteiger partial charge in [0.25, 0.3) is 0 Å². The van der Waals surface area contributed by atoms with Crippen LogP contribution in [-0.4, -0.2) is 57.2 Å². The minimum Gasteiger partial charge on any atom is -0.341 e. The normalized spacial score (nSPS) is 17.1. The van der Waals surface area contributed by atoms with Gasteiger partial charge in [0.2, 0.25) is 6.41 Å². The van der Waals surface area contributed by atoms with E-state index in [0.29, 0.717) is 28.8 Å². The molecule has 1 unspecified atom stereocenters. The van der Waals surface area contributed by atoms with Crippen LogP contribution in [-0.2, 0) is 4.79 Å². The third-order valence-electron chi connectivity index (χ3n) is 6.28. The molecular weight excluding hydrogens is 471 g/mol. The summed E-state index contributed by atoms with van der Waals surface area (Å²) in [6.45, 7) is 7.72. The van der Waals surface area contributed by atoms with E-state index in [-0.39, 0.29) is 6.04 Å². The molecule has 1 aromatic carbocycles. The molecule has 0 spiro atoms. The van der Waals surface area contributed by atoms with Gasteiger partial charge in [-0.1, -0.05) is 41.8 Å². The number of amides is 1. The summed E-state index contributed by atoms with van der Waals surface area (Å²) >= 11 is 12.4. The highest BCUT2D eigenvalue weighted by molar-refractivity contribution is 6.35.